The Bertz CT molecular complexity index is 829. The van der Waals surface area contributed by atoms with E-state index in [1.54, 1.807) is 18.2 Å². The van der Waals surface area contributed by atoms with Crippen LogP contribution in [0.2, 0.25) is 0 Å². The highest BCUT2D eigenvalue weighted by molar-refractivity contribution is 6.07. The zero-order chi connectivity index (χ0) is 18.4. The van der Waals surface area contributed by atoms with E-state index in [0.29, 0.717) is 11.3 Å². The molecule has 2 bridgehead atoms. The van der Waals surface area contributed by atoms with Crippen LogP contribution in [0.4, 0.5) is 0 Å². The second kappa shape index (κ2) is 6.09. The molecule has 3 aliphatic rings. The van der Waals surface area contributed by atoms with E-state index in [0.717, 1.165) is 11.4 Å². The van der Waals surface area contributed by atoms with Gasteiger partial charge < -0.3 is 9.47 Å². The summed E-state index contributed by atoms with van der Waals surface area (Å²) in [4.78, 5) is 36.6. The smallest absolute Gasteiger partial charge is 0.308 e. The molecule has 2 amide bonds. The minimum atomic E-state index is -0.505. The number of para-hydroxylation sites is 1. The number of rotatable bonds is 4. The fourth-order valence-electron chi connectivity index (χ4n) is 4.17. The van der Waals surface area contributed by atoms with Crippen molar-refractivity contribution in [3.63, 3.8) is 0 Å². The molecule has 4 atom stereocenters. The van der Waals surface area contributed by atoms with Crippen LogP contribution in [0.3, 0.4) is 0 Å². The standard InChI is InChI=1S/C19H18N2O5/c1-10(22)26-17-13(4-3-5-14(17)25-2)9-20-21-18(23)15-11-6-7-12(8-11)16(15)19(21)24/h3-7,9,11-12,15-16H,8H2,1-2H3. The summed E-state index contributed by atoms with van der Waals surface area (Å²) < 4.78 is 10.4. The summed E-state index contributed by atoms with van der Waals surface area (Å²) in [5.74, 6) is -0.787. The van der Waals surface area contributed by atoms with Crippen LogP contribution in [0.25, 0.3) is 0 Å². The average molecular weight is 354 g/mol. The predicted molar refractivity (Wildman–Crippen MR) is 91.5 cm³/mol. The van der Waals surface area contributed by atoms with Gasteiger partial charge in [-0.2, -0.15) is 10.1 Å². The van der Waals surface area contributed by atoms with E-state index in [1.165, 1.54) is 20.2 Å². The van der Waals surface area contributed by atoms with E-state index in [1.807, 2.05) is 12.2 Å². The summed E-state index contributed by atoms with van der Waals surface area (Å²) in [7, 11) is 1.46. The maximum atomic E-state index is 12.6. The maximum absolute atomic E-state index is 12.6. The third-order valence-corrected chi connectivity index (χ3v) is 5.23. The van der Waals surface area contributed by atoms with Crippen LogP contribution in [0.5, 0.6) is 11.5 Å². The zero-order valence-corrected chi connectivity index (χ0v) is 14.4. The number of amides is 2. The van der Waals surface area contributed by atoms with E-state index < -0.39 is 5.97 Å². The highest BCUT2D eigenvalue weighted by atomic mass is 16.6. The molecule has 0 spiro atoms. The van der Waals surface area contributed by atoms with Gasteiger partial charge in [0.2, 0.25) is 0 Å². The Morgan fingerprint density at radius 3 is 2.42 bits per heavy atom. The Morgan fingerprint density at radius 2 is 1.85 bits per heavy atom. The lowest BCUT2D eigenvalue weighted by molar-refractivity contribution is -0.140. The second-order valence-corrected chi connectivity index (χ2v) is 6.70. The molecule has 7 nitrogen and oxygen atoms in total. The Hall–Kier alpha value is -2.96. The summed E-state index contributed by atoms with van der Waals surface area (Å²) in [6.07, 6.45) is 6.29. The molecule has 0 radical (unpaired) electrons. The minimum absolute atomic E-state index is 0.134. The molecule has 2 aliphatic carbocycles. The van der Waals surface area contributed by atoms with E-state index in [4.69, 9.17) is 9.47 Å². The average Bonchev–Trinajstić information content (AvgIpc) is 3.28. The van der Waals surface area contributed by atoms with Crippen LogP contribution in [0.15, 0.2) is 35.5 Å². The number of carbonyl (C=O) groups excluding carboxylic acids is 3. The largest absolute Gasteiger partial charge is 0.493 e. The van der Waals surface area contributed by atoms with Gasteiger partial charge in [-0.05, 0) is 30.4 Å². The number of nitrogens with zero attached hydrogens (tertiary/aromatic N) is 2. The van der Waals surface area contributed by atoms with Gasteiger partial charge >= 0.3 is 5.97 Å². The first-order valence-corrected chi connectivity index (χ1v) is 8.46. The number of carbonyl (C=O) groups is 3. The number of ether oxygens (including phenoxy) is 2. The third-order valence-electron chi connectivity index (χ3n) is 5.23. The van der Waals surface area contributed by atoms with Crippen LogP contribution >= 0.6 is 0 Å². The van der Waals surface area contributed by atoms with E-state index >= 15 is 0 Å². The molecule has 1 saturated heterocycles. The molecule has 0 N–H and O–H groups in total. The molecule has 1 saturated carbocycles. The summed E-state index contributed by atoms with van der Waals surface area (Å²) in [6.45, 7) is 1.28. The van der Waals surface area contributed by atoms with E-state index in [2.05, 4.69) is 5.10 Å². The zero-order valence-electron chi connectivity index (χ0n) is 14.4. The van der Waals surface area contributed by atoms with Gasteiger partial charge in [-0.1, -0.05) is 18.2 Å². The highest BCUT2D eigenvalue weighted by Crippen LogP contribution is 2.52. The molecule has 7 heteroatoms. The number of imide groups is 1. The number of benzene rings is 1. The van der Waals surface area contributed by atoms with Crippen molar-refractivity contribution in [1.82, 2.24) is 5.01 Å². The molecule has 1 aromatic rings. The molecule has 1 aliphatic heterocycles. The second-order valence-electron chi connectivity index (χ2n) is 6.70. The van der Waals surface area contributed by atoms with Gasteiger partial charge in [0, 0.05) is 12.5 Å². The van der Waals surface area contributed by atoms with Crippen molar-refractivity contribution in [3.05, 3.63) is 35.9 Å². The first kappa shape index (κ1) is 16.5. The molecule has 2 fully saturated rings. The van der Waals surface area contributed by atoms with Crippen molar-refractivity contribution in [2.45, 2.75) is 13.3 Å². The van der Waals surface area contributed by atoms with Crippen molar-refractivity contribution in [1.29, 1.82) is 0 Å². The van der Waals surface area contributed by atoms with Crippen molar-refractivity contribution in [2.75, 3.05) is 7.11 Å². The van der Waals surface area contributed by atoms with Gasteiger partial charge in [0.1, 0.15) is 0 Å². The molecule has 0 aromatic heterocycles. The van der Waals surface area contributed by atoms with E-state index in [-0.39, 0.29) is 41.2 Å². The molecule has 1 aromatic carbocycles. The summed E-state index contributed by atoms with van der Waals surface area (Å²) in [5.41, 5.74) is 0.443. The monoisotopic (exact) mass is 354 g/mol. The van der Waals surface area contributed by atoms with Gasteiger partial charge in [-0.3, -0.25) is 14.4 Å². The molecule has 134 valence electrons. The molecular formula is C19H18N2O5. The number of methoxy groups -OCH3 is 1. The number of allylic oxidation sites excluding steroid dienone is 2. The van der Waals surface area contributed by atoms with Gasteiger partial charge in [0.25, 0.3) is 11.8 Å². The lowest BCUT2D eigenvalue weighted by Gasteiger charge is -2.13. The van der Waals surface area contributed by atoms with Crippen molar-refractivity contribution in [2.24, 2.45) is 28.8 Å². The predicted octanol–water partition coefficient (Wildman–Crippen LogP) is 1.76. The molecular weight excluding hydrogens is 336 g/mol. The summed E-state index contributed by atoms with van der Waals surface area (Å²) in [6, 6.07) is 5.02. The molecule has 26 heavy (non-hydrogen) atoms. The van der Waals surface area contributed by atoms with Gasteiger partial charge in [0.15, 0.2) is 11.5 Å². The summed E-state index contributed by atoms with van der Waals surface area (Å²) >= 11 is 0. The van der Waals surface area contributed by atoms with Crippen molar-refractivity contribution in [3.8, 4) is 11.5 Å². The molecule has 1 heterocycles. The maximum Gasteiger partial charge on any atom is 0.308 e. The normalized spacial score (nSPS) is 28.9. The Kier molecular flexibility index (Phi) is 3.86. The van der Waals surface area contributed by atoms with Crippen LogP contribution in [-0.2, 0) is 14.4 Å². The lowest BCUT2D eigenvalue weighted by atomic mass is 9.85. The Balaban J connectivity index is 1.62. The topological polar surface area (TPSA) is 85.3 Å². The first-order valence-electron chi connectivity index (χ1n) is 8.46. The highest BCUT2D eigenvalue weighted by Gasteiger charge is 2.59. The quantitative estimate of drug-likeness (QED) is 0.270. The number of fused-ring (bicyclic) bond motifs is 5. The number of hydrogen-bond donors (Lipinski definition) is 0. The SMILES string of the molecule is COc1cccc(C=NN2C(=O)C3C4C=CC(C4)C3C2=O)c1OC(C)=O. The van der Waals surface area contributed by atoms with Crippen molar-refractivity contribution < 1.29 is 23.9 Å². The fourth-order valence-corrected chi connectivity index (χ4v) is 4.17. The number of hydrogen-bond acceptors (Lipinski definition) is 6. The number of hydrazone groups is 1. The summed E-state index contributed by atoms with van der Waals surface area (Å²) in [5, 5.41) is 5.07. The first-order chi connectivity index (χ1) is 12.5. The van der Waals surface area contributed by atoms with Gasteiger partial charge in [0.05, 0.1) is 25.2 Å². The molecule has 4 unspecified atom stereocenters. The Morgan fingerprint density at radius 1 is 1.19 bits per heavy atom. The van der Waals surface area contributed by atoms with Crippen molar-refractivity contribution >= 4 is 24.0 Å². The van der Waals surface area contributed by atoms with Crippen LogP contribution in [0, 0.1) is 23.7 Å². The molecule has 4 rings (SSSR count). The minimum Gasteiger partial charge on any atom is -0.493 e. The third kappa shape index (κ3) is 2.42. The van der Waals surface area contributed by atoms with Crippen LogP contribution in [-0.4, -0.2) is 36.1 Å². The fraction of sp³-hybridized carbons (Fsp3) is 0.368. The Labute approximate surface area is 150 Å². The van der Waals surface area contributed by atoms with E-state index in [9.17, 15) is 14.4 Å². The van der Waals surface area contributed by atoms with Crippen LogP contribution in [0.1, 0.15) is 18.9 Å². The van der Waals surface area contributed by atoms with Crippen LogP contribution < -0.4 is 9.47 Å². The van der Waals surface area contributed by atoms with Gasteiger partial charge in [-0.25, -0.2) is 0 Å². The lowest BCUT2D eigenvalue weighted by Crippen LogP contribution is -2.28. The van der Waals surface area contributed by atoms with Gasteiger partial charge in [-0.15, -0.1) is 0 Å². The number of esters is 1.